The largest absolute Gasteiger partial charge is 0.495 e. The Hall–Kier alpha value is -3.68. The van der Waals surface area contributed by atoms with Crippen molar-refractivity contribution in [3.63, 3.8) is 0 Å². The topological polar surface area (TPSA) is 83.8 Å². The fraction of sp³-hybridized carbons (Fsp3) is 0.238. The van der Waals surface area contributed by atoms with Crippen LogP contribution in [0.1, 0.15) is 16.1 Å². The van der Waals surface area contributed by atoms with Crippen LogP contribution in [-0.2, 0) is 6.73 Å². The second kappa shape index (κ2) is 9.01. The Labute approximate surface area is 169 Å². The molecule has 0 atom stereocenters. The number of nitrogens with zero attached hydrogens (tertiary/aromatic N) is 2. The predicted molar refractivity (Wildman–Crippen MR) is 108 cm³/mol. The van der Waals surface area contributed by atoms with Crippen LogP contribution >= 0.6 is 0 Å². The maximum Gasteiger partial charge on any atom is 0.276 e. The van der Waals surface area contributed by atoms with E-state index in [2.05, 4.69) is 10.4 Å². The lowest BCUT2D eigenvalue weighted by atomic mass is 10.2. The molecule has 1 heterocycles. The van der Waals surface area contributed by atoms with Crippen LogP contribution in [0.15, 0.2) is 48.7 Å². The maximum absolute atomic E-state index is 12.6. The Morgan fingerprint density at radius 2 is 1.69 bits per heavy atom. The van der Waals surface area contributed by atoms with E-state index in [0.717, 1.165) is 5.56 Å². The minimum atomic E-state index is -0.345. The average molecular weight is 397 g/mol. The van der Waals surface area contributed by atoms with Gasteiger partial charge in [-0.25, -0.2) is 4.68 Å². The number of hydrogen-bond acceptors (Lipinski definition) is 6. The van der Waals surface area contributed by atoms with Crippen molar-refractivity contribution in [3.05, 3.63) is 59.9 Å². The van der Waals surface area contributed by atoms with E-state index in [1.165, 1.54) is 4.68 Å². The molecular formula is C21H23N3O5. The Morgan fingerprint density at radius 1 is 1.00 bits per heavy atom. The van der Waals surface area contributed by atoms with Crippen LogP contribution in [0.3, 0.4) is 0 Å². The molecule has 0 spiro atoms. The summed E-state index contributed by atoms with van der Waals surface area (Å²) in [6, 6.07) is 12.5. The third kappa shape index (κ3) is 4.60. The lowest BCUT2D eigenvalue weighted by Crippen LogP contribution is -2.15. The molecule has 0 aliphatic rings. The van der Waals surface area contributed by atoms with Crippen molar-refractivity contribution in [2.24, 2.45) is 0 Å². The van der Waals surface area contributed by atoms with Gasteiger partial charge < -0.3 is 24.3 Å². The highest BCUT2D eigenvalue weighted by molar-refractivity contribution is 6.03. The molecule has 0 fully saturated rings. The van der Waals surface area contributed by atoms with E-state index in [9.17, 15) is 4.79 Å². The summed E-state index contributed by atoms with van der Waals surface area (Å²) < 4.78 is 23.2. The Balaban J connectivity index is 1.70. The van der Waals surface area contributed by atoms with E-state index in [1.54, 1.807) is 57.9 Å². The number of anilines is 1. The third-order valence-electron chi connectivity index (χ3n) is 4.20. The van der Waals surface area contributed by atoms with Crippen LogP contribution < -0.4 is 24.3 Å². The zero-order chi connectivity index (χ0) is 20.8. The Kier molecular flexibility index (Phi) is 6.23. The molecule has 0 aliphatic heterocycles. The summed E-state index contributed by atoms with van der Waals surface area (Å²) in [7, 11) is 4.66. The lowest BCUT2D eigenvalue weighted by Gasteiger charge is -2.14. The lowest BCUT2D eigenvalue weighted by molar-refractivity contribution is 0.101. The molecule has 3 aromatic rings. The van der Waals surface area contributed by atoms with Crippen LogP contribution in [0, 0.1) is 6.92 Å². The third-order valence-corrected chi connectivity index (χ3v) is 4.20. The molecule has 0 aliphatic carbocycles. The molecular weight excluding hydrogens is 374 g/mol. The van der Waals surface area contributed by atoms with Gasteiger partial charge in [-0.3, -0.25) is 4.79 Å². The second-order valence-corrected chi connectivity index (χ2v) is 6.16. The number of carbonyl (C=O) groups is 1. The molecule has 0 saturated heterocycles. The molecule has 29 heavy (non-hydrogen) atoms. The number of nitrogens with one attached hydrogen (secondary N) is 1. The van der Waals surface area contributed by atoms with Gasteiger partial charge in [0.05, 0.1) is 27.0 Å². The normalized spacial score (nSPS) is 10.3. The molecule has 0 saturated carbocycles. The number of para-hydroxylation sites is 1. The van der Waals surface area contributed by atoms with Crippen LogP contribution in [0.2, 0.25) is 0 Å². The standard InChI is InChI=1S/C21H23N3O5/c1-14-8-9-17(26-2)16(12-14)22-21(25)15-10-11-24(23-15)13-29-20-18(27-3)6-5-7-19(20)28-4/h5-12H,13H2,1-4H3,(H,22,25). The highest BCUT2D eigenvalue weighted by Gasteiger charge is 2.15. The van der Waals surface area contributed by atoms with Gasteiger partial charge >= 0.3 is 0 Å². The molecule has 0 radical (unpaired) electrons. The van der Waals surface area contributed by atoms with Gasteiger partial charge in [0.2, 0.25) is 5.75 Å². The smallest absolute Gasteiger partial charge is 0.276 e. The molecule has 0 unspecified atom stereocenters. The number of methoxy groups -OCH3 is 3. The van der Waals surface area contributed by atoms with Crippen LogP contribution in [0.5, 0.6) is 23.0 Å². The number of aryl methyl sites for hydroxylation is 1. The van der Waals surface area contributed by atoms with Gasteiger partial charge in [0, 0.05) is 6.20 Å². The van der Waals surface area contributed by atoms with Crippen molar-refractivity contribution < 1.29 is 23.7 Å². The monoisotopic (exact) mass is 397 g/mol. The first-order valence-corrected chi connectivity index (χ1v) is 8.89. The highest BCUT2D eigenvalue weighted by atomic mass is 16.5. The van der Waals surface area contributed by atoms with Crippen LogP contribution in [0.25, 0.3) is 0 Å². The minimum Gasteiger partial charge on any atom is -0.495 e. The van der Waals surface area contributed by atoms with E-state index < -0.39 is 0 Å². The van der Waals surface area contributed by atoms with Crippen molar-refractivity contribution >= 4 is 11.6 Å². The maximum atomic E-state index is 12.6. The van der Waals surface area contributed by atoms with E-state index in [4.69, 9.17) is 18.9 Å². The summed E-state index contributed by atoms with van der Waals surface area (Å²) in [4.78, 5) is 12.6. The van der Waals surface area contributed by atoms with Crippen LogP contribution in [-0.4, -0.2) is 37.0 Å². The van der Waals surface area contributed by atoms with Gasteiger partial charge in [-0.1, -0.05) is 12.1 Å². The summed E-state index contributed by atoms with van der Waals surface area (Å²) in [6.45, 7) is 2.02. The first kappa shape index (κ1) is 20.1. The molecule has 0 bridgehead atoms. The predicted octanol–water partition coefficient (Wildman–Crippen LogP) is 3.51. The molecule has 8 nitrogen and oxygen atoms in total. The molecule has 8 heteroatoms. The van der Waals surface area contributed by atoms with E-state index in [0.29, 0.717) is 28.7 Å². The number of carbonyl (C=O) groups excluding carboxylic acids is 1. The first-order valence-electron chi connectivity index (χ1n) is 8.89. The second-order valence-electron chi connectivity index (χ2n) is 6.16. The van der Waals surface area contributed by atoms with E-state index in [-0.39, 0.29) is 18.3 Å². The van der Waals surface area contributed by atoms with Gasteiger partial charge in [0.25, 0.3) is 5.91 Å². The first-order chi connectivity index (χ1) is 14.0. The van der Waals surface area contributed by atoms with Gasteiger partial charge in [-0.2, -0.15) is 5.10 Å². The summed E-state index contributed by atoms with van der Waals surface area (Å²) in [5.41, 5.74) is 1.84. The fourth-order valence-electron chi connectivity index (χ4n) is 2.75. The van der Waals surface area contributed by atoms with Gasteiger partial charge in [0.1, 0.15) is 5.75 Å². The molecule has 1 N–H and O–H groups in total. The Morgan fingerprint density at radius 3 is 2.34 bits per heavy atom. The molecule has 152 valence electrons. The van der Waals surface area contributed by atoms with Gasteiger partial charge in [-0.05, 0) is 42.8 Å². The summed E-state index contributed by atoms with van der Waals surface area (Å²) in [5, 5.41) is 7.09. The van der Waals surface area contributed by atoms with E-state index >= 15 is 0 Å². The van der Waals surface area contributed by atoms with Crippen LogP contribution in [0.4, 0.5) is 5.69 Å². The van der Waals surface area contributed by atoms with E-state index in [1.807, 2.05) is 19.1 Å². The Bertz CT molecular complexity index is 977. The summed E-state index contributed by atoms with van der Waals surface area (Å²) in [6.07, 6.45) is 1.66. The number of aromatic nitrogens is 2. The summed E-state index contributed by atoms with van der Waals surface area (Å²) >= 11 is 0. The zero-order valence-electron chi connectivity index (χ0n) is 16.8. The minimum absolute atomic E-state index is 0.0811. The van der Waals surface area contributed by atoms with Crippen molar-refractivity contribution in [2.45, 2.75) is 13.7 Å². The van der Waals surface area contributed by atoms with Crippen molar-refractivity contribution in [1.29, 1.82) is 0 Å². The average Bonchev–Trinajstić information content (AvgIpc) is 3.21. The summed E-state index contributed by atoms with van der Waals surface area (Å²) in [5.74, 6) is 1.78. The molecule has 1 amide bonds. The number of rotatable bonds is 8. The zero-order valence-corrected chi connectivity index (χ0v) is 16.8. The van der Waals surface area contributed by atoms with Gasteiger partial charge in [0.15, 0.2) is 23.9 Å². The molecule has 3 rings (SSSR count). The highest BCUT2D eigenvalue weighted by Crippen LogP contribution is 2.36. The fourth-order valence-corrected chi connectivity index (χ4v) is 2.75. The molecule has 1 aromatic heterocycles. The van der Waals surface area contributed by atoms with Crippen molar-refractivity contribution in [1.82, 2.24) is 9.78 Å². The van der Waals surface area contributed by atoms with Crippen molar-refractivity contribution in [2.75, 3.05) is 26.6 Å². The quantitative estimate of drug-likeness (QED) is 0.626. The SMILES string of the molecule is COc1ccc(C)cc1NC(=O)c1ccn(COc2c(OC)cccc2OC)n1. The number of benzene rings is 2. The number of amides is 1. The van der Waals surface area contributed by atoms with Gasteiger partial charge in [-0.15, -0.1) is 0 Å². The number of hydrogen-bond donors (Lipinski definition) is 1. The number of ether oxygens (including phenoxy) is 4. The molecule has 2 aromatic carbocycles. The van der Waals surface area contributed by atoms with Crippen molar-refractivity contribution in [3.8, 4) is 23.0 Å².